The molecule has 0 fully saturated rings. The maximum absolute atomic E-state index is 12.9. The third-order valence-corrected chi connectivity index (χ3v) is 4.06. The number of benzene rings is 2. The van der Waals surface area contributed by atoms with E-state index in [1.165, 1.54) is 5.56 Å². The van der Waals surface area contributed by atoms with Crippen LogP contribution in [0.1, 0.15) is 21.7 Å². The molecule has 0 atom stereocenters. The fourth-order valence-corrected chi connectivity index (χ4v) is 2.67. The maximum atomic E-state index is 12.9. The molecule has 0 saturated heterocycles. The van der Waals surface area contributed by atoms with Gasteiger partial charge >= 0.3 is 0 Å². The molecule has 0 saturated carbocycles. The minimum Gasteiger partial charge on any atom is -0.497 e. The number of carbonyl (C=O) groups excluding carboxylic acids is 1. The Morgan fingerprint density at radius 3 is 2.40 bits per heavy atom. The number of carbonyl (C=O) groups is 1. The van der Waals surface area contributed by atoms with E-state index < -0.39 is 0 Å². The van der Waals surface area contributed by atoms with Crippen molar-refractivity contribution in [3.8, 4) is 5.75 Å². The van der Waals surface area contributed by atoms with Gasteiger partial charge in [0.15, 0.2) is 0 Å². The standard InChI is InChI=1S/C21H21NO3/c1-24-19-11-9-18(10-12-19)21(23)22(16-20-8-5-15-25-20)14-13-17-6-3-2-4-7-17/h2-12,15H,13-14,16H2,1H3. The van der Waals surface area contributed by atoms with Gasteiger partial charge in [0.2, 0.25) is 0 Å². The Labute approximate surface area is 147 Å². The van der Waals surface area contributed by atoms with Crippen molar-refractivity contribution in [1.82, 2.24) is 4.90 Å². The SMILES string of the molecule is COc1ccc(C(=O)N(CCc2ccccc2)Cc2ccco2)cc1. The molecule has 0 aliphatic rings. The summed E-state index contributed by atoms with van der Waals surface area (Å²) in [6, 6.07) is 21.1. The first-order valence-corrected chi connectivity index (χ1v) is 8.26. The quantitative estimate of drug-likeness (QED) is 0.651. The number of hydrogen-bond donors (Lipinski definition) is 0. The normalized spacial score (nSPS) is 10.4. The van der Waals surface area contributed by atoms with Crippen LogP contribution in [-0.2, 0) is 13.0 Å². The molecule has 0 aliphatic heterocycles. The van der Waals surface area contributed by atoms with E-state index in [4.69, 9.17) is 9.15 Å². The van der Waals surface area contributed by atoms with Crippen molar-refractivity contribution in [2.75, 3.05) is 13.7 Å². The highest BCUT2D eigenvalue weighted by Crippen LogP contribution is 2.16. The molecule has 2 aromatic carbocycles. The van der Waals surface area contributed by atoms with Gasteiger partial charge in [-0.2, -0.15) is 0 Å². The molecular weight excluding hydrogens is 314 g/mol. The molecule has 4 heteroatoms. The van der Waals surface area contributed by atoms with E-state index in [1.807, 2.05) is 35.2 Å². The number of furan rings is 1. The van der Waals surface area contributed by atoms with E-state index >= 15 is 0 Å². The number of methoxy groups -OCH3 is 1. The van der Waals surface area contributed by atoms with E-state index in [1.54, 1.807) is 37.6 Å². The van der Waals surface area contributed by atoms with Crippen molar-refractivity contribution in [3.05, 3.63) is 89.9 Å². The minimum absolute atomic E-state index is 0.0185. The van der Waals surface area contributed by atoms with Crippen molar-refractivity contribution in [2.24, 2.45) is 0 Å². The van der Waals surface area contributed by atoms with Crippen LogP contribution in [0.3, 0.4) is 0 Å². The summed E-state index contributed by atoms with van der Waals surface area (Å²) >= 11 is 0. The van der Waals surface area contributed by atoms with Crippen LogP contribution in [0.4, 0.5) is 0 Å². The van der Waals surface area contributed by atoms with Crippen LogP contribution >= 0.6 is 0 Å². The zero-order chi connectivity index (χ0) is 17.5. The fraction of sp³-hybridized carbons (Fsp3) is 0.190. The van der Waals surface area contributed by atoms with E-state index in [2.05, 4.69) is 12.1 Å². The summed E-state index contributed by atoms with van der Waals surface area (Å²) in [6.07, 6.45) is 2.42. The molecule has 0 aliphatic carbocycles. The van der Waals surface area contributed by atoms with Gasteiger partial charge in [0.1, 0.15) is 11.5 Å². The predicted octanol–water partition coefficient (Wildman–Crippen LogP) is 4.17. The monoisotopic (exact) mass is 335 g/mol. The summed E-state index contributed by atoms with van der Waals surface area (Å²) in [4.78, 5) is 14.7. The second-order valence-electron chi connectivity index (χ2n) is 5.77. The van der Waals surface area contributed by atoms with Crippen LogP contribution in [0.25, 0.3) is 0 Å². The van der Waals surface area contributed by atoms with Gasteiger partial charge in [0, 0.05) is 12.1 Å². The molecule has 1 aromatic heterocycles. The predicted molar refractivity (Wildman–Crippen MR) is 96.6 cm³/mol. The summed E-state index contributed by atoms with van der Waals surface area (Å²) in [5, 5.41) is 0. The Bertz CT molecular complexity index is 780. The van der Waals surface area contributed by atoms with Crippen LogP contribution in [-0.4, -0.2) is 24.5 Å². The van der Waals surface area contributed by atoms with E-state index in [-0.39, 0.29) is 5.91 Å². The second kappa shape index (κ2) is 8.20. The number of nitrogens with zero attached hydrogens (tertiary/aromatic N) is 1. The van der Waals surface area contributed by atoms with Gasteiger partial charge < -0.3 is 14.1 Å². The van der Waals surface area contributed by atoms with Crippen LogP contribution in [0.15, 0.2) is 77.4 Å². The second-order valence-corrected chi connectivity index (χ2v) is 5.77. The van der Waals surface area contributed by atoms with Gasteiger partial charge in [-0.05, 0) is 48.4 Å². The largest absolute Gasteiger partial charge is 0.497 e. The van der Waals surface area contributed by atoms with E-state index in [9.17, 15) is 4.79 Å². The number of ether oxygens (including phenoxy) is 1. The van der Waals surface area contributed by atoms with Crippen LogP contribution in [0.2, 0.25) is 0 Å². The summed E-state index contributed by atoms with van der Waals surface area (Å²) in [7, 11) is 1.61. The third kappa shape index (κ3) is 4.51. The summed E-state index contributed by atoms with van der Waals surface area (Å²) in [5.74, 6) is 1.49. The number of rotatable bonds is 7. The lowest BCUT2D eigenvalue weighted by Crippen LogP contribution is -2.32. The van der Waals surface area contributed by atoms with Crippen molar-refractivity contribution >= 4 is 5.91 Å². The molecule has 1 amide bonds. The third-order valence-electron chi connectivity index (χ3n) is 4.06. The van der Waals surface area contributed by atoms with Gasteiger partial charge in [0.25, 0.3) is 5.91 Å². The van der Waals surface area contributed by atoms with Gasteiger partial charge in [-0.3, -0.25) is 4.79 Å². The Morgan fingerprint density at radius 1 is 1.00 bits per heavy atom. The summed E-state index contributed by atoms with van der Waals surface area (Å²) in [5.41, 5.74) is 1.84. The Hall–Kier alpha value is -3.01. The summed E-state index contributed by atoms with van der Waals surface area (Å²) < 4.78 is 10.6. The smallest absolute Gasteiger partial charge is 0.254 e. The maximum Gasteiger partial charge on any atom is 0.254 e. The highest BCUT2D eigenvalue weighted by atomic mass is 16.5. The lowest BCUT2D eigenvalue weighted by atomic mass is 10.1. The van der Waals surface area contributed by atoms with Crippen LogP contribution in [0.5, 0.6) is 5.75 Å². The van der Waals surface area contributed by atoms with Gasteiger partial charge in [-0.1, -0.05) is 30.3 Å². The molecule has 3 rings (SSSR count). The molecule has 0 spiro atoms. The molecular formula is C21H21NO3. The minimum atomic E-state index is -0.0185. The van der Waals surface area contributed by atoms with Crippen molar-refractivity contribution in [2.45, 2.75) is 13.0 Å². The first kappa shape index (κ1) is 16.8. The molecule has 128 valence electrons. The average molecular weight is 335 g/mol. The average Bonchev–Trinajstić information content (AvgIpc) is 3.18. The van der Waals surface area contributed by atoms with Gasteiger partial charge in [-0.15, -0.1) is 0 Å². The lowest BCUT2D eigenvalue weighted by Gasteiger charge is -2.22. The van der Waals surface area contributed by atoms with Gasteiger partial charge in [0.05, 0.1) is 19.9 Å². The molecule has 0 radical (unpaired) electrons. The zero-order valence-corrected chi connectivity index (χ0v) is 14.2. The van der Waals surface area contributed by atoms with Gasteiger partial charge in [-0.25, -0.2) is 0 Å². The Kier molecular flexibility index (Phi) is 5.52. The number of hydrogen-bond acceptors (Lipinski definition) is 3. The highest BCUT2D eigenvalue weighted by Gasteiger charge is 2.17. The van der Waals surface area contributed by atoms with Crippen LogP contribution < -0.4 is 4.74 Å². The molecule has 0 unspecified atom stereocenters. The first-order valence-electron chi connectivity index (χ1n) is 8.26. The topological polar surface area (TPSA) is 42.7 Å². The van der Waals surface area contributed by atoms with Crippen molar-refractivity contribution < 1.29 is 13.9 Å². The Morgan fingerprint density at radius 2 is 1.76 bits per heavy atom. The Balaban J connectivity index is 1.75. The van der Waals surface area contributed by atoms with E-state index in [0.29, 0.717) is 18.7 Å². The first-order chi connectivity index (χ1) is 12.3. The zero-order valence-electron chi connectivity index (χ0n) is 14.2. The highest BCUT2D eigenvalue weighted by molar-refractivity contribution is 5.94. The fourth-order valence-electron chi connectivity index (χ4n) is 2.67. The molecule has 0 N–H and O–H groups in total. The molecule has 0 bridgehead atoms. The lowest BCUT2D eigenvalue weighted by molar-refractivity contribution is 0.0733. The molecule has 25 heavy (non-hydrogen) atoms. The van der Waals surface area contributed by atoms with Crippen molar-refractivity contribution in [3.63, 3.8) is 0 Å². The van der Waals surface area contributed by atoms with Crippen molar-refractivity contribution in [1.29, 1.82) is 0 Å². The van der Waals surface area contributed by atoms with E-state index in [0.717, 1.165) is 17.9 Å². The van der Waals surface area contributed by atoms with Crippen LogP contribution in [0, 0.1) is 0 Å². The molecule has 1 heterocycles. The number of amides is 1. The summed E-state index contributed by atoms with van der Waals surface area (Å²) in [6.45, 7) is 1.07. The molecule has 4 nitrogen and oxygen atoms in total. The molecule has 3 aromatic rings.